The van der Waals surface area contributed by atoms with Crippen LogP contribution in [0.3, 0.4) is 0 Å². The normalized spacial score (nSPS) is 11.7. The van der Waals surface area contributed by atoms with Gasteiger partial charge in [0.25, 0.3) is 0 Å². The van der Waals surface area contributed by atoms with Crippen molar-refractivity contribution in [2.24, 2.45) is 0 Å². The Labute approximate surface area is 231 Å². The molecule has 1 atom stereocenters. The van der Waals surface area contributed by atoms with Gasteiger partial charge in [-0.15, -0.1) is 0 Å². The number of aliphatic carboxylic acids is 1. The highest BCUT2D eigenvalue weighted by Crippen LogP contribution is 1.88. The molecule has 0 heterocycles. The zero-order chi connectivity index (χ0) is 29.2. The van der Waals surface area contributed by atoms with Crippen LogP contribution in [-0.4, -0.2) is 160 Å². The van der Waals surface area contributed by atoms with Crippen molar-refractivity contribution in [1.29, 1.82) is 0 Å². The Morgan fingerprint density at radius 1 is 0.590 bits per heavy atom. The van der Waals surface area contributed by atoms with E-state index in [1.54, 1.807) is 0 Å². The van der Waals surface area contributed by atoms with E-state index in [0.717, 1.165) is 0 Å². The SMILES string of the molecule is C=C(C)C(=O)O.COC(O)COCCOCCOCCOCCOCCOCCOCCOCCOCCO. The number of carboxylic acids is 1. The molecule has 3 N–H and O–H groups in total. The molecule has 0 rings (SSSR count). The van der Waals surface area contributed by atoms with Gasteiger partial charge in [-0.05, 0) is 6.92 Å². The minimum absolute atomic E-state index is 0.0253. The Hall–Kier alpha value is -1.27. The van der Waals surface area contributed by atoms with Crippen molar-refractivity contribution in [2.75, 3.05) is 133 Å². The van der Waals surface area contributed by atoms with Crippen LogP contribution in [0.5, 0.6) is 0 Å². The largest absolute Gasteiger partial charge is 0.478 e. The predicted octanol–water partition coefficient (Wildman–Crippen LogP) is -0.260. The molecule has 0 aliphatic heterocycles. The van der Waals surface area contributed by atoms with E-state index in [-0.39, 0.29) is 18.8 Å². The third-order valence-electron chi connectivity index (χ3n) is 4.11. The van der Waals surface area contributed by atoms with Crippen LogP contribution in [0.1, 0.15) is 6.92 Å². The van der Waals surface area contributed by atoms with Crippen molar-refractivity contribution in [3.8, 4) is 0 Å². The smallest absolute Gasteiger partial charge is 0.330 e. The van der Waals surface area contributed by atoms with Crippen LogP contribution in [-0.2, 0) is 52.2 Å². The Bertz CT molecular complexity index is 497. The highest BCUT2D eigenvalue weighted by atomic mass is 16.6. The fraction of sp³-hybridized carbons (Fsp3) is 0.880. The van der Waals surface area contributed by atoms with E-state index in [2.05, 4.69) is 11.3 Å². The van der Waals surface area contributed by atoms with Crippen LogP contribution < -0.4 is 0 Å². The summed E-state index contributed by atoms with van der Waals surface area (Å²) in [7, 11) is 1.41. The van der Waals surface area contributed by atoms with Gasteiger partial charge in [0.1, 0.15) is 0 Å². The Morgan fingerprint density at radius 2 is 0.821 bits per heavy atom. The van der Waals surface area contributed by atoms with Gasteiger partial charge in [-0.25, -0.2) is 4.79 Å². The van der Waals surface area contributed by atoms with E-state index in [9.17, 15) is 4.79 Å². The molecule has 14 heteroatoms. The Balaban J connectivity index is 0. The van der Waals surface area contributed by atoms with Crippen LogP contribution in [0.25, 0.3) is 0 Å². The molecule has 0 radical (unpaired) electrons. The maximum Gasteiger partial charge on any atom is 0.330 e. The van der Waals surface area contributed by atoms with E-state index >= 15 is 0 Å². The second-order valence-electron chi connectivity index (χ2n) is 7.47. The molecule has 0 spiro atoms. The number of methoxy groups -OCH3 is 1. The first-order valence-corrected chi connectivity index (χ1v) is 12.9. The Kier molecular flexibility index (Phi) is 35.5. The van der Waals surface area contributed by atoms with Gasteiger partial charge in [-0.2, -0.15) is 0 Å². The molecular weight excluding hydrogens is 524 g/mol. The molecule has 0 aromatic carbocycles. The molecule has 0 saturated heterocycles. The summed E-state index contributed by atoms with van der Waals surface area (Å²) in [5, 5.41) is 25.5. The molecular formula is C25H50O14. The van der Waals surface area contributed by atoms with Gasteiger partial charge in [0.05, 0.1) is 126 Å². The van der Waals surface area contributed by atoms with E-state index in [1.165, 1.54) is 14.0 Å². The molecule has 14 nitrogen and oxygen atoms in total. The average molecular weight is 575 g/mol. The topological polar surface area (TPSA) is 170 Å². The number of aliphatic hydroxyl groups excluding tert-OH is 2. The molecule has 0 aliphatic carbocycles. The summed E-state index contributed by atoms with van der Waals surface area (Å²) in [6, 6.07) is 0. The fourth-order valence-electron chi connectivity index (χ4n) is 2.08. The minimum atomic E-state index is -0.935. The third-order valence-corrected chi connectivity index (χ3v) is 4.11. The second-order valence-corrected chi connectivity index (χ2v) is 7.47. The minimum Gasteiger partial charge on any atom is -0.478 e. The van der Waals surface area contributed by atoms with Crippen LogP contribution in [0.15, 0.2) is 12.2 Å². The molecule has 39 heavy (non-hydrogen) atoms. The third kappa shape index (κ3) is 38.9. The number of rotatable bonds is 30. The van der Waals surface area contributed by atoms with E-state index in [1.807, 2.05) is 0 Å². The van der Waals surface area contributed by atoms with Gasteiger partial charge < -0.3 is 62.7 Å². The highest BCUT2D eigenvalue weighted by Gasteiger charge is 2.00. The van der Waals surface area contributed by atoms with Gasteiger partial charge in [0.2, 0.25) is 0 Å². The molecule has 0 aliphatic rings. The lowest BCUT2D eigenvalue weighted by Crippen LogP contribution is -2.19. The summed E-state index contributed by atoms with van der Waals surface area (Å²) in [6.45, 7) is 12.8. The summed E-state index contributed by atoms with van der Waals surface area (Å²) < 4.78 is 52.4. The standard InChI is InChI=1S/C21H44O12.C4H6O2/c1-24-21(23)20-33-19-18-32-17-16-31-15-14-30-13-12-29-11-10-28-9-8-27-7-6-26-5-4-25-3-2-22;1-3(2)4(5)6/h21-23H,2-20H2,1H3;1H2,2H3,(H,5,6). The average Bonchev–Trinajstić information content (AvgIpc) is 2.92. The van der Waals surface area contributed by atoms with Crippen molar-refractivity contribution in [1.82, 2.24) is 0 Å². The molecule has 0 amide bonds. The second kappa shape index (κ2) is 34.8. The number of carbonyl (C=O) groups is 1. The lowest BCUT2D eigenvalue weighted by Gasteiger charge is -2.10. The van der Waals surface area contributed by atoms with Crippen molar-refractivity contribution in [3.63, 3.8) is 0 Å². The zero-order valence-corrected chi connectivity index (χ0v) is 23.6. The first-order chi connectivity index (χ1) is 19.0. The fourth-order valence-corrected chi connectivity index (χ4v) is 2.08. The molecule has 1 unspecified atom stereocenters. The molecule has 0 aromatic rings. The van der Waals surface area contributed by atoms with Gasteiger partial charge in [0, 0.05) is 12.7 Å². The van der Waals surface area contributed by atoms with Gasteiger partial charge in [-0.3, -0.25) is 0 Å². The van der Waals surface area contributed by atoms with Crippen molar-refractivity contribution < 1.29 is 67.5 Å². The zero-order valence-electron chi connectivity index (χ0n) is 23.6. The maximum atomic E-state index is 9.60. The van der Waals surface area contributed by atoms with Crippen LogP contribution in [0.2, 0.25) is 0 Å². The number of carboxylic acid groups (broad SMARTS) is 1. The maximum absolute atomic E-state index is 9.60. The summed E-state index contributed by atoms with van der Waals surface area (Å²) in [4.78, 5) is 9.60. The Morgan fingerprint density at radius 3 is 1.03 bits per heavy atom. The van der Waals surface area contributed by atoms with Crippen molar-refractivity contribution in [3.05, 3.63) is 12.2 Å². The van der Waals surface area contributed by atoms with Crippen LogP contribution in [0.4, 0.5) is 0 Å². The summed E-state index contributed by atoms with van der Waals surface area (Å²) in [5.74, 6) is -0.935. The molecule has 0 bridgehead atoms. The lowest BCUT2D eigenvalue weighted by molar-refractivity contribution is -0.132. The number of hydrogen-bond acceptors (Lipinski definition) is 13. The summed E-state index contributed by atoms with van der Waals surface area (Å²) in [6.07, 6.45) is -0.898. The number of hydrogen-bond donors (Lipinski definition) is 3. The van der Waals surface area contributed by atoms with Crippen molar-refractivity contribution >= 4 is 5.97 Å². The highest BCUT2D eigenvalue weighted by molar-refractivity contribution is 5.84. The molecule has 0 saturated carbocycles. The summed E-state index contributed by atoms with van der Waals surface area (Å²) >= 11 is 0. The molecule has 0 aromatic heterocycles. The first-order valence-electron chi connectivity index (χ1n) is 12.9. The summed E-state index contributed by atoms with van der Waals surface area (Å²) in [5.41, 5.74) is 0.176. The van der Waals surface area contributed by atoms with E-state index in [4.69, 9.17) is 58.0 Å². The number of aliphatic hydroxyl groups is 2. The van der Waals surface area contributed by atoms with Crippen molar-refractivity contribution in [2.45, 2.75) is 13.2 Å². The monoisotopic (exact) mass is 574 g/mol. The van der Waals surface area contributed by atoms with E-state index in [0.29, 0.717) is 112 Å². The molecule has 234 valence electrons. The lowest BCUT2D eigenvalue weighted by atomic mass is 10.4. The predicted molar refractivity (Wildman–Crippen MR) is 140 cm³/mol. The quantitative estimate of drug-likeness (QED) is 0.0582. The van der Waals surface area contributed by atoms with Gasteiger partial charge >= 0.3 is 5.97 Å². The number of ether oxygens (including phenoxy) is 10. The van der Waals surface area contributed by atoms with Crippen LogP contribution >= 0.6 is 0 Å². The molecule has 0 fully saturated rings. The van der Waals surface area contributed by atoms with E-state index < -0.39 is 12.3 Å². The van der Waals surface area contributed by atoms with Gasteiger partial charge in [-0.1, -0.05) is 6.58 Å². The van der Waals surface area contributed by atoms with Gasteiger partial charge in [0.15, 0.2) is 6.29 Å². The van der Waals surface area contributed by atoms with Crippen LogP contribution in [0, 0.1) is 0 Å². The first kappa shape index (κ1) is 39.9.